The molecule has 1 aromatic carbocycles. The third-order valence-electron chi connectivity index (χ3n) is 1.87. The van der Waals surface area contributed by atoms with Gasteiger partial charge < -0.3 is 4.74 Å². The van der Waals surface area contributed by atoms with Crippen molar-refractivity contribution in [2.75, 3.05) is 0 Å². The van der Waals surface area contributed by atoms with E-state index in [2.05, 4.69) is 9.97 Å². The summed E-state index contributed by atoms with van der Waals surface area (Å²) in [5.41, 5.74) is 0.641. The Morgan fingerprint density at radius 3 is 2.62 bits per heavy atom. The van der Waals surface area contributed by atoms with Gasteiger partial charge in [-0.05, 0) is 12.1 Å². The minimum atomic E-state index is -0.439. The second-order valence-corrected chi connectivity index (χ2v) is 3.28. The van der Waals surface area contributed by atoms with E-state index in [0.29, 0.717) is 5.69 Å². The molecule has 0 aliphatic carbocycles. The van der Waals surface area contributed by atoms with Crippen molar-refractivity contribution in [3.05, 3.63) is 48.2 Å². The molecule has 0 aliphatic rings. The molecule has 82 valence electrons. The average Bonchev–Trinajstić information content (AvgIpc) is 2.33. The Morgan fingerprint density at radius 2 is 2.00 bits per heavy atom. The minimum absolute atomic E-state index is 0.121. The second-order valence-electron chi connectivity index (χ2n) is 3.01. The van der Waals surface area contributed by atoms with Gasteiger partial charge in [-0.2, -0.15) is 0 Å². The molecular formula is C11H8ClFN2O. The van der Waals surface area contributed by atoms with Gasteiger partial charge >= 0.3 is 0 Å². The van der Waals surface area contributed by atoms with Crippen LogP contribution in [0.2, 0.25) is 0 Å². The fraction of sp³-hybridized carbons (Fsp3) is 0.0909. The standard InChI is InChI=1S/C11H8ClFN2O/c12-5-8-6-15-11(7-14-8)16-10-4-2-1-3-9(10)13/h1-4,6-7H,5H2. The molecule has 1 heterocycles. The summed E-state index contributed by atoms with van der Waals surface area (Å²) in [6, 6.07) is 6.10. The molecule has 0 fully saturated rings. The van der Waals surface area contributed by atoms with E-state index in [1.807, 2.05) is 0 Å². The van der Waals surface area contributed by atoms with Gasteiger partial charge in [0.05, 0.1) is 24.0 Å². The number of para-hydroxylation sites is 1. The van der Waals surface area contributed by atoms with Crippen molar-refractivity contribution in [1.29, 1.82) is 0 Å². The van der Waals surface area contributed by atoms with Crippen LogP contribution in [0.1, 0.15) is 5.69 Å². The molecule has 16 heavy (non-hydrogen) atoms. The maximum absolute atomic E-state index is 13.2. The van der Waals surface area contributed by atoms with Crippen molar-refractivity contribution in [3.63, 3.8) is 0 Å². The van der Waals surface area contributed by atoms with Crippen LogP contribution in [0.25, 0.3) is 0 Å². The molecular weight excluding hydrogens is 231 g/mol. The quantitative estimate of drug-likeness (QED) is 0.771. The molecule has 0 saturated heterocycles. The third kappa shape index (κ3) is 2.46. The van der Waals surface area contributed by atoms with E-state index >= 15 is 0 Å². The first kappa shape index (κ1) is 10.8. The lowest BCUT2D eigenvalue weighted by Crippen LogP contribution is -1.93. The van der Waals surface area contributed by atoms with Crippen molar-refractivity contribution in [3.8, 4) is 11.6 Å². The van der Waals surface area contributed by atoms with Gasteiger partial charge in [0.1, 0.15) is 0 Å². The first-order chi connectivity index (χ1) is 7.79. The molecule has 2 rings (SSSR count). The van der Waals surface area contributed by atoms with Crippen LogP contribution in [-0.4, -0.2) is 9.97 Å². The summed E-state index contributed by atoms with van der Waals surface area (Å²) in [6.45, 7) is 0. The lowest BCUT2D eigenvalue weighted by Gasteiger charge is -2.04. The first-order valence-corrected chi connectivity index (χ1v) is 5.12. The predicted molar refractivity (Wildman–Crippen MR) is 58.1 cm³/mol. The van der Waals surface area contributed by atoms with Gasteiger partial charge in [0.2, 0.25) is 5.88 Å². The molecule has 0 spiro atoms. The highest BCUT2D eigenvalue weighted by molar-refractivity contribution is 6.16. The van der Waals surface area contributed by atoms with Gasteiger partial charge in [-0.15, -0.1) is 11.6 Å². The second kappa shape index (κ2) is 4.90. The molecule has 0 amide bonds. The summed E-state index contributed by atoms with van der Waals surface area (Å²) in [5, 5.41) is 0. The molecule has 0 bridgehead atoms. The maximum Gasteiger partial charge on any atom is 0.237 e. The fourth-order valence-electron chi connectivity index (χ4n) is 1.10. The highest BCUT2D eigenvalue weighted by Gasteiger charge is 2.04. The van der Waals surface area contributed by atoms with Crippen LogP contribution >= 0.6 is 11.6 Å². The van der Waals surface area contributed by atoms with Gasteiger partial charge in [-0.1, -0.05) is 12.1 Å². The van der Waals surface area contributed by atoms with E-state index in [0.717, 1.165) is 0 Å². The number of ether oxygens (including phenoxy) is 1. The van der Waals surface area contributed by atoms with Crippen LogP contribution in [0.15, 0.2) is 36.7 Å². The zero-order valence-electron chi connectivity index (χ0n) is 8.23. The lowest BCUT2D eigenvalue weighted by molar-refractivity contribution is 0.425. The summed E-state index contributed by atoms with van der Waals surface area (Å²) < 4.78 is 18.4. The monoisotopic (exact) mass is 238 g/mol. The van der Waals surface area contributed by atoms with Gasteiger partial charge in [-0.3, -0.25) is 4.98 Å². The Bertz CT molecular complexity index is 476. The molecule has 0 N–H and O–H groups in total. The van der Waals surface area contributed by atoms with Gasteiger partial charge in [0, 0.05) is 0 Å². The van der Waals surface area contributed by atoms with Gasteiger partial charge in [0.15, 0.2) is 11.6 Å². The normalized spacial score (nSPS) is 10.1. The number of rotatable bonds is 3. The summed E-state index contributed by atoms with van der Waals surface area (Å²) >= 11 is 5.56. The number of aromatic nitrogens is 2. The molecule has 0 saturated carbocycles. The molecule has 5 heteroatoms. The van der Waals surface area contributed by atoms with Crippen LogP contribution < -0.4 is 4.74 Å². The van der Waals surface area contributed by atoms with Gasteiger partial charge in [-0.25, -0.2) is 9.37 Å². The van der Waals surface area contributed by atoms with E-state index in [4.69, 9.17) is 16.3 Å². The highest BCUT2D eigenvalue weighted by atomic mass is 35.5. The minimum Gasteiger partial charge on any atom is -0.434 e. The van der Waals surface area contributed by atoms with Crippen LogP contribution in [0.5, 0.6) is 11.6 Å². The summed E-state index contributed by atoms with van der Waals surface area (Å²) in [6.07, 6.45) is 2.90. The molecule has 3 nitrogen and oxygen atoms in total. The number of nitrogens with zero attached hydrogens (tertiary/aromatic N) is 2. The van der Waals surface area contributed by atoms with E-state index in [1.165, 1.54) is 24.5 Å². The predicted octanol–water partition coefficient (Wildman–Crippen LogP) is 3.15. The molecule has 0 aliphatic heterocycles. The number of halogens is 2. The van der Waals surface area contributed by atoms with Crippen molar-refractivity contribution < 1.29 is 9.13 Å². The van der Waals surface area contributed by atoms with Crippen LogP contribution in [0, 0.1) is 5.82 Å². The lowest BCUT2D eigenvalue weighted by atomic mass is 10.3. The van der Waals surface area contributed by atoms with Gasteiger partial charge in [0.25, 0.3) is 0 Å². The fourth-order valence-corrected chi connectivity index (χ4v) is 1.24. The maximum atomic E-state index is 13.2. The Kier molecular flexibility index (Phi) is 3.31. The Balaban J connectivity index is 2.18. The van der Waals surface area contributed by atoms with E-state index in [1.54, 1.807) is 12.1 Å². The van der Waals surface area contributed by atoms with E-state index < -0.39 is 5.82 Å². The number of alkyl halides is 1. The Labute approximate surface area is 96.9 Å². The Morgan fingerprint density at radius 1 is 1.19 bits per heavy atom. The Hall–Kier alpha value is -1.68. The third-order valence-corrected chi connectivity index (χ3v) is 2.14. The topological polar surface area (TPSA) is 35.0 Å². The molecule has 2 aromatic rings. The van der Waals surface area contributed by atoms with Crippen molar-refractivity contribution in [1.82, 2.24) is 9.97 Å². The summed E-state index contributed by atoms with van der Waals surface area (Å²) in [7, 11) is 0. The summed E-state index contributed by atoms with van der Waals surface area (Å²) in [4.78, 5) is 7.93. The number of hydrogen-bond acceptors (Lipinski definition) is 3. The molecule has 0 radical (unpaired) electrons. The molecule has 0 unspecified atom stereocenters. The van der Waals surface area contributed by atoms with Crippen molar-refractivity contribution in [2.45, 2.75) is 5.88 Å². The zero-order chi connectivity index (χ0) is 11.4. The largest absolute Gasteiger partial charge is 0.434 e. The van der Waals surface area contributed by atoms with E-state index in [-0.39, 0.29) is 17.5 Å². The average molecular weight is 239 g/mol. The smallest absolute Gasteiger partial charge is 0.237 e. The first-order valence-electron chi connectivity index (χ1n) is 4.59. The van der Waals surface area contributed by atoms with E-state index in [9.17, 15) is 4.39 Å². The van der Waals surface area contributed by atoms with Crippen molar-refractivity contribution >= 4 is 11.6 Å². The summed E-state index contributed by atoms with van der Waals surface area (Å²) in [5.74, 6) is 0.201. The highest BCUT2D eigenvalue weighted by Crippen LogP contribution is 2.21. The SMILES string of the molecule is Fc1ccccc1Oc1cnc(CCl)cn1. The zero-order valence-corrected chi connectivity index (χ0v) is 8.99. The van der Waals surface area contributed by atoms with Crippen molar-refractivity contribution in [2.24, 2.45) is 0 Å². The molecule has 0 atom stereocenters. The van der Waals surface area contributed by atoms with Crippen LogP contribution in [-0.2, 0) is 5.88 Å². The number of benzene rings is 1. The van der Waals surface area contributed by atoms with Crippen LogP contribution in [0.4, 0.5) is 4.39 Å². The number of hydrogen-bond donors (Lipinski definition) is 0. The van der Waals surface area contributed by atoms with Crippen LogP contribution in [0.3, 0.4) is 0 Å². The molecule has 1 aromatic heterocycles.